The van der Waals surface area contributed by atoms with Crippen LogP contribution in [0.3, 0.4) is 0 Å². The number of anilines is 1. The van der Waals surface area contributed by atoms with Crippen molar-refractivity contribution < 1.29 is 4.79 Å². The van der Waals surface area contributed by atoms with E-state index in [0.29, 0.717) is 11.3 Å². The van der Waals surface area contributed by atoms with E-state index >= 15 is 0 Å². The highest BCUT2D eigenvalue weighted by atomic mass is 32.1. The SMILES string of the molecule is CN(C(=O)c1cc2c(s1)CCC(C(C)(C)C)C2)c1nccs1. The first-order valence-corrected chi connectivity index (χ1v) is 9.35. The number of aromatic nitrogens is 1. The number of hydrogen-bond acceptors (Lipinski definition) is 4. The maximum atomic E-state index is 12.6. The molecule has 2 heterocycles. The van der Waals surface area contributed by atoms with E-state index in [1.54, 1.807) is 29.5 Å². The van der Waals surface area contributed by atoms with Crippen molar-refractivity contribution in [2.45, 2.75) is 40.0 Å². The largest absolute Gasteiger partial charge is 0.286 e. The molecule has 118 valence electrons. The normalized spacial score (nSPS) is 18.1. The number of amides is 1. The third-order valence-electron chi connectivity index (χ3n) is 4.53. The summed E-state index contributed by atoms with van der Waals surface area (Å²) in [4.78, 5) is 20.8. The molecule has 0 radical (unpaired) electrons. The minimum absolute atomic E-state index is 0.0571. The molecular weight excluding hydrogens is 312 g/mol. The molecular formula is C17H22N2OS2. The van der Waals surface area contributed by atoms with Crippen LogP contribution in [0.4, 0.5) is 5.13 Å². The van der Waals surface area contributed by atoms with Gasteiger partial charge in [-0.2, -0.15) is 0 Å². The molecule has 1 aliphatic carbocycles. The van der Waals surface area contributed by atoms with Crippen LogP contribution in [0, 0.1) is 11.3 Å². The predicted molar refractivity (Wildman–Crippen MR) is 94.1 cm³/mol. The van der Waals surface area contributed by atoms with E-state index in [1.165, 1.54) is 28.2 Å². The van der Waals surface area contributed by atoms with Gasteiger partial charge in [-0.15, -0.1) is 22.7 Å². The lowest BCUT2D eigenvalue weighted by molar-refractivity contribution is 0.0996. The standard InChI is InChI=1S/C17H22N2OS2/c1-17(2,3)12-5-6-13-11(9-12)10-14(22-13)15(20)19(4)16-18-7-8-21-16/h7-8,10,12H,5-6,9H2,1-4H3. The molecule has 0 N–H and O–H groups in total. The molecule has 2 aromatic rings. The number of fused-ring (bicyclic) bond motifs is 1. The lowest BCUT2D eigenvalue weighted by Gasteiger charge is -2.33. The highest BCUT2D eigenvalue weighted by Gasteiger charge is 2.31. The number of rotatable bonds is 2. The van der Waals surface area contributed by atoms with E-state index < -0.39 is 0 Å². The van der Waals surface area contributed by atoms with Gasteiger partial charge in [0.05, 0.1) is 4.88 Å². The van der Waals surface area contributed by atoms with Crippen molar-refractivity contribution in [3.8, 4) is 0 Å². The van der Waals surface area contributed by atoms with E-state index in [-0.39, 0.29) is 5.91 Å². The summed E-state index contributed by atoms with van der Waals surface area (Å²) in [5, 5.41) is 2.65. The van der Waals surface area contributed by atoms with Crippen molar-refractivity contribution in [3.05, 3.63) is 33.0 Å². The summed E-state index contributed by atoms with van der Waals surface area (Å²) in [6.45, 7) is 6.95. The first-order chi connectivity index (χ1) is 10.4. The maximum absolute atomic E-state index is 12.6. The van der Waals surface area contributed by atoms with Crippen LogP contribution < -0.4 is 4.90 Å². The zero-order valence-electron chi connectivity index (χ0n) is 13.5. The van der Waals surface area contributed by atoms with Crippen LogP contribution in [0.5, 0.6) is 0 Å². The van der Waals surface area contributed by atoms with Crippen LogP contribution >= 0.6 is 22.7 Å². The number of carbonyl (C=O) groups excluding carboxylic acids is 1. The first kappa shape index (κ1) is 15.7. The molecule has 1 amide bonds. The van der Waals surface area contributed by atoms with Gasteiger partial charge >= 0.3 is 0 Å². The number of thiophene rings is 1. The van der Waals surface area contributed by atoms with Crippen LogP contribution in [0.25, 0.3) is 0 Å². The number of hydrogen-bond donors (Lipinski definition) is 0. The first-order valence-electron chi connectivity index (χ1n) is 7.65. The smallest absolute Gasteiger partial charge is 0.269 e. The summed E-state index contributed by atoms with van der Waals surface area (Å²) in [7, 11) is 1.80. The predicted octanol–water partition coefficient (Wildman–Crippen LogP) is 4.63. The van der Waals surface area contributed by atoms with E-state index in [2.05, 4.69) is 31.8 Å². The van der Waals surface area contributed by atoms with Crippen molar-refractivity contribution in [3.63, 3.8) is 0 Å². The molecule has 1 aliphatic rings. The van der Waals surface area contributed by atoms with Crippen molar-refractivity contribution in [1.29, 1.82) is 0 Å². The van der Waals surface area contributed by atoms with Crippen LogP contribution in [0.15, 0.2) is 17.6 Å². The molecule has 1 atom stereocenters. The number of thiazole rings is 1. The highest BCUT2D eigenvalue weighted by Crippen LogP contribution is 2.40. The topological polar surface area (TPSA) is 33.2 Å². The van der Waals surface area contributed by atoms with E-state index in [0.717, 1.165) is 22.9 Å². The Bertz CT molecular complexity index is 667. The lowest BCUT2D eigenvalue weighted by atomic mass is 9.72. The summed E-state index contributed by atoms with van der Waals surface area (Å²) in [6, 6.07) is 2.12. The Labute approximate surface area is 140 Å². The Morgan fingerprint density at radius 3 is 2.82 bits per heavy atom. The molecule has 5 heteroatoms. The van der Waals surface area contributed by atoms with Crippen molar-refractivity contribution >= 4 is 33.7 Å². The van der Waals surface area contributed by atoms with Crippen LogP contribution in [0.2, 0.25) is 0 Å². The third-order valence-corrected chi connectivity index (χ3v) is 6.60. The summed E-state index contributed by atoms with van der Waals surface area (Å²) < 4.78 is 0. The molecule has 0 saturated carbocycles. The number of carbonyl (C=O) groups is 1. The van der Waals surface area contributed by atoms with Gasteiger partial charge in [0, 0.05) is 23.5 Å². The summed E-state index contributed by atoms with van der Waals surface area (Å²) in [5.74, 6) is 0.760. The van der Waals surface area contributed by atoms with Gasteiger partial charge in [-0.25, -0.2) is 4.98 Å². The average Bonchev–Trinajstić information content (AvgIpc) is 3.12. The Balaban J connectivity index is 1.81. The zero-order valence-corrected chi connectivity index (χ0v) is 15.2. The molecule has 3 nitrogen and oxygen atoms in total. The Hall–Kier alpha value is -1.20. The van der Waals surface area contributed by atoms with Crippen molar-refractivity contribution in [2.24, 2.45) is 11.3 Å². The van der Waals surface area contributed by atoms with Gasteiger partial charge in [0.2, 0.25) is 0 Å². The zero-order chi connectivity index (χ0) is 15.9. The Morgan fingerprint density at radius 2 is 2.18 bits per heavy atom. The van der Waals surface area contributed by atoms with E-state index in [4.69, 9.17) is 0 Å². The molecule has 0 aromatic carbocycles. The van der Waals surface area contributed by atoms with Gasteiger partial charge in [-0.3, -0.25) is 9.69 Å². The fourth-order valence-corrected chi connectivity index (χ4v) is 4.79. The minimum Gasteiger partial charge on any atom is -0.286 e. The molecule has 0 fully saturated rings. The van der Waals surface area contributed by atoms with Gasteiger partial charge in [-0.05, 0) is 42.2 Å². The van der Waals surface area contributed by atoms with Crippen LogP contribution in [-0.2, 0) is 12.8 Å². The highest BCUT2D eigenvalue weighted by molar-refractivity contribution is 7.15. The average molecular weight is 335 g/mol. The minimum atomic E-state index is 0.0571. The monoisotopic (exact) mass is 334 g/mol. The summed E-state index contributed by atoms with van der Waals surface area (Å²) >= 11 is 3.16. The summed E-state index contributed by atoms with van der Waals surface area (Å²) in [5.41, 5.74) is 1.72. The van der Waals surface area contributed by atoms with Crippen LogP contribution in [-0.4, -0.2) is 17.9 Å². The fraction of sp³-hybridized carbons (Fsp3) is 0.529. The number of nitrogens with zero attached hydrogens (tertiary/aromatic N) is 2. The Kier molecular flexibility index (Phi) is 4.12. The quantitative estimate of drug-likeness (QED) is 0.802. The molecule has 0 bridgehead atoms. The van der Waals surface area contributed by atoms with Crippen molar-refractivity contribution in [1.82, 2.24) is 4.98 Å². The molecule has 0 aliphatic heterocycles. The number of aryl methyl sites for hydroxylation is 1. The molecule has 22 heavy (non-hydrogen) atoms. The Morgan fingerprint density at radius 1 is 1.41 bits per heavy atom. The van der Waals surface area contributed by atoms with Crippen molar-refractivity contribution in [2.75, 3.05) is 11.9 Å². The molecule has 0 saturated heterocycles. The van der Waals surface area contributed by atoms with Gasteiger partial charge < -0.3 is 0 Å². The second kappa shape index (κ2) is 5.78. The fourth-order valence-electron chi connectivity index (χ4n) is 3.00. The molecule has 0 spiro atoms. The van der Waals surface area contributed by atoms with E-state index in [9.17, 15) is 4.79 Å². The van der Waals surface area contributed by atoms with E-state index in [1.807, 2.05) is 5.38 Å². The second-order valence-corrected chi connectivity index (χ2v) is 9.05. The molecule has 3 rings (SSSR count). The lowest BCUT2D eigenvalue weighted by Crippen LogP contribution is -2.26. The molecule has 1 unspecified atom stereocenters. The molecule has 2 aromatic heterocycles. The van der Waals surface area contributed by atoms with Gasteiger partial charge in [0.1, 0.15) is 0 Å². The van der Waals surface area contributed by atoms with Gasteiger partial charge in [0.25, 0.3) is 5.91 Å². The third kappa shape index (κ3) is 2.97. The van der Waals surface area contributed by atoms with Gasteiger partial charge in [0.15, 0.2) is 5.13 Å². The van der Waals surface area contributed by atoms with Crippen LogP contribution in [0.1, 0.15) is 47.3 Å². The maximum Gasteiger partial charge on any atom is 0.269 e. The van der Waals surface area contributed by atoms with Gasteiger partial charge in [-0.1, -0.05) is 20.8 Å². The second-order valence-electron chi connectivity index (χ2n) is 7.04. The summed E-state index contributed by atoms with van der Waals surface area (Å²) in [6.07, 6.45) is 5.17.